The normalized spacial score (nSPS) is 36.8. The van der Waals surface area contributed by atoms with Crippen molar-refractivity contribution in [2.75, 3.05) is 0 Å². The molecular weight excluding hydrogens is 148 g/mol. The van der Waals surface area contributed by atoms with Crippen LogP contribution in [-0.4, -0.2) is 11.2 Å². The van der Waals surface area contributed by atoms with E-state index in [1.54, 1.807) is 0 Å². The second-order valence-electron chi connectivity index (χ2n) is 4.28. The van der Waals surface area contributed by atoms with Crippen molar-refractivity contribution in [3.05, 3.63) is 12.7 Å². The van der Waals surface area contributed by atoms with Gasteiger partial charge in [0.15, 0.2) is 0 Å². The van der Waals surface area contributed by atoms with Crippen molar-refractivity contribution < 1.29 is 5.11 Å². The van der Waals surface area contributed by atoms with E-state index in [1.165, 1.54) is 6.42 Å². The van der Waals surface area contributed by atoms with E-state index in [2.05, 4.69) is 20.4 Å². The van der Waals surface area contributed by atoms with Gasteiger partial charge in [0, 0.05) is 0 Å². The van der Waals surface area contributed by atoms with Crippen LogP contribution < -0.4 is 0 Å². The minimum Gasteiger partial charge on any atom is -0.393 e. The second-order valence-corrected chi connectivity index (χ2v) is 4.28. The summed E-state index contributed by atoms with van der Waals surface area (Å²) in [4.78, 5) is 0. The first-order valence-electron chi connectivity index (χ1n) is 4.95. The van der Waals surface area contributed by atoms with Gasteiger partial charge in [0.25, 0.3) is 0 Å². The Morgan fingerprint density at radius 3 is 2.50 bits per heavy atom. The van der Waals surface area contributed by atoms with Crippen molar-refractivity contribution in [1.29, 1.82) is 0 Å². The molecule has 0 aromatic rings. The topological polar surface area (TPSA) is 20.2 Å². The molecular formula is C11H20O. The molecule has 0 heterocycles. The lowest BCUT2D eigenvalue weighted by molar-refractivity contribution is 0.0318. The van der Waals surface area contributed by atoms with Crippen LogP contribution >= 0.6 is 0 Å². The zero-order valence-electron chi connectivity index (χ0n) is 8.16. The molecule has 0 amide bonds. The van der Waals surface area contributed by atoms with Gasteiger partial charge < -0.3 is 5.11 Å². The molecule has 1 fully saturated rings. The lowest BCUT2D eigenvalue weighted by Crippen LogP contribution is -2.31. The predicted octanol–water partition coefficient (Wildman–Crippen LogP) is 2.61. The Morgan fingerprint density at radius 2 is 2.08 bits per heavy atom. The molecule has 0 aliphatic heterocycles. The molecule has 70 valence electrons. The Balaban J connectivity index is 2.47. The SMILES string of the molecule is C=CC1CCC(C(C)C)C(O)C1. The van der Waals surface area contributed by atoms with Crippen molar-refractivity contribution in [3.63, 3.8) is 0 Å². The summed E-state index contributed by atoms with van der Waals surface area (Å²) < 4.78 is 0. The van der Waals surface area contributed by atoms with Crippen LogP contribution in [-0.2, 0) is 0 Å². The zero-order chi connectivity index (χ0) is 9.14. The number of hydrogen-bond acceptors (Lipinski definition) is 1. The third-order valence-electron chi connectivity index (χ3n) is 3.10. The molecule has 1 N–H and O–H groups in total. The van der Waals surface area contributed by atoms with Crippen LogP contribution in [0.1, 0.15) is 33.1 Å². The highest BCUT2D eigenvalue weighted by molar-refractivity contribution is 4.89. The first-order chi connectivity index (χ1) is 5.65. The van der Waals surface area contributed by atoms with Crippen LogP contribution in [0.4, 0.5) is 0 Å². The van der Waals surface area contributed by atoms with E-state index in [-0.39, 0.29) is 6.10 Å². The quantitative estimate of drug-likeness (QED) is 0.628. The third kappa shape index (κ3) is 2.10. The first-order valence-corrected chi connectivity index (χ1v) is 4.95. The van der Waals surface area contributed by atoms with Crippen molar-refractivity contribution in [2.45, 2.75) is 39.2 Å². The van der Waals surface area contributed by atoms with Gasteiger partial charge in [-0.2, -0.15) is 0 Å². The van der Waals surface area contributed by atoms with Gasteiger partial charge in [-0.1, -0.05) is 19.9 Å². The fourth-order valence-corrected chi connectivity index (χ4v) is 2.19. The summed E-state index contributed by atoms with van der Waals surface area (Å²) in [5.74, 6) is 1.68. The maximum Gasteiger partial charge on any atom is 0.0576 e. The lowest BCUT2D eigenvalue weighted by atomic mass is 9.75. The molecule has 3 unspecified atom stereocenters. The first kappa shape index (κ1) is 9.79. The summed E-state index contributed by atoms with van der Waals surface area (Å²) >= 11 is 0. The standard InChI is InChI=1S/C11H20O/c1-4-9-5-6-10(8(2)3)11(12)7-9/h4,8-12H,1,5-7H2,2-3H3. The fraction of sp³-hybridized carbons (Fsp3) is 0.818. The summed E-state index contributed by atoms with van der Waals surface area (Å²) in [6.07, 6.45) is 5.19. The van der Waals surface area contributed by atoms with E-state index in [0.717, 1.165) is 12.8 Å². The Labute approximate surface area is 75.5 Å². The Kier molecular flexibility index (Phi) is 3.33. The summed E-state index contributed by atoms with van der Waals surface area (Å²) in [7, 11) is 0. The van der Waals surface area contributed by atoms with Crippen molar-refractivity contribution in [3.8, 4) is 0 Å². The van der Waals surface area contributed by atoms with Gasteiger partial charge in [-0.15, -0.1) is 6.58 Å². The maximum atomic E-state index is 9.79. The van der Waals surface area contributed by atoms with E-state index in [0.29, 0.717) is 17.8 Å². The number of aliphatic hydroxyl groups is 1. The predicted molar refractivity (Wildman–Crippen MR) is 51.9 cm³/mol. The number of hydrogen-bond donors (Lipinski definition) is 1. The molecule has 0 aromatic heterocycles. The molecule has 1 heteroatoms. The molecule has 0 radical (unpaired) electrons. The van der Waals surface area contributed by atoms with E-state index >= 15 is 0 Å². The second kappa shape index (κ2) is 4.08. The van der Waals surface area contributed by atoms with E-state index in [4.69, 9.17) is 0 Å². The highest BCUT2D eigenvalue weighted by Crippen LogP contribution is 2.33. The molecule has 0 aromatic carbocycles. The molecule has 1 nitrogen and oxygen atoms in total. The monoisotopic (exact) mass is 168 g/mol. The summed E-state index contributed by atoms with van der Waals surface area (Å²) in [5.41, 5.74) is 0. The van der Waals surface area contributed by atoms with Gasteiger partial charge in [-0.05, 0) is 37.0 Å². The van der Waals surface area contributed by atoms with Crippen LogP contribution in [0.3, 0.4) is 0 Å². The third-order valence-corrected chi connectivity index (χ3v) is 3.10. The number of rotatable bonds is 2. The van der Waals surface area contributed by atoms with Gasteiger partial charge in [0.2, 0.25) is 0 Å². The van der Waals surface area contributed by atoms with Gasteiger partial charge in [-0.3, -0.25) is 0 Å². The van der Waals surface area contributed by atoms with Crippen molar-refractivity contribution in [1.82, 2.24) is 0 Å². The van der Waals surface area contributed by atoms with E-state index in [1.807, 2.05) is 6.08 Å². The summed E-state index contributed by atoms with van der Waals surface area (Å²) in [6.45, 7) is 8.17. The molecule has 1 saturated carbocycles. The van der Waals surface area contributed by atoms with Crippen LogP contribution in [0, 0.1) is 17.8 Å². The molecule has 1 rings (SSSR count). The van der Waals surface area contributed by atoms with E-state index < -0.39 is 0 Å². The van der Waals surface area contributed by atoms with Gasteiger partial charge in [0.1, 0.15) is 0 Å². The minimum atomic E-state index is -0.0956. The number of aliphatic hydroxyl groups excluding tert-OH is 1. The average Bonchev–Trinajstić information content (AvgIpc) is 2.03. The largest absolute Gasteiger partial charge is 0.393 e. The highest BCUT2D eigenvalue weighted by Gasteiger charge is 2.29. The smallest absolute Gasteiger partial charge is 0.0576 e. The zero-order valence-corrected chi connectivity index (χ0v) is 8.16. The summed E-state index contributed by atoms with van der Waals surface area (Å²) in [6, 6.07) is 0. The van der Waals surface area contributed by atoms with E-state index in [9.17, 15) is 5.11 Å². The van der Waals surface area contributed by atoms with Crippen LogP contribution in [0.5, 0.6) is 0 Å². The number of allylic oxidation sites excluding steroid dienone is 1. The molecule has 1 aliphatic rings. The van der Waals surface area contributed by atoms with Crippen LogP contribution in [0.2, 0.25) is 0 Å². The molecule has 0 saturated heterocycles. The molecule has 1 aliphatic carbocycles. The Morgan fingerprint density at radius 1 is 1.42 bits per heavy atom. The Hall–Kier alpha value is -0.300. The van der Waals surface area contributed by atoms with Gasteiger partial charge >= 0.3 is 0 Å². The van der Waals surface area contributed by atoms with Gasteiger partial charge in [0.05, 0.1) is 6.10 Å². The molecule has 0 spiro atoms. The molecule has 12 heavy (non-hydrogen) atoms. The molecule has 0 bridgehead atoms. The molecule has 3 atom stereocenters. The fourth-order valence-electron chi connectivity index (χ4n) is 2.19. The summed E-state index contributed by atoms with van der Waals surface area (Å²) in [5, 5.41) is 9.79. The Bertz CT molecular complexity index is 151. The minimum absolute atomic E-state index is 0.0956. The van der Waals surface area contributed by atoms with Gasteiger partial charge in [-0.25, -0.2) is 0 Å². The van der Waals surface area contributed by atoms with Crippen LogP contribution in [0.15, 0.2) is 12.7 Å². The highest BCUT2D eigenvalue weighted by atomic mass is 16.3. The maximum absolute atomic E-state index is 9.79. The average molecular weight is 168 g/mol. The van der Waals surface area contributed by atoms with Crippen molar-refractivity contribution >= 4 is 0 Å². The van der Waals surface area contributed by atoms with Crippen LogP contribution in [0.25, 0.3) is 0 Å². The van der Waals surface area contributed by atoms with Crippen molar-refractivity contribution in [2.24, 2.45) is 17.8 Å². The lowest BCUT2D eigenvalue weighted by Gasteiger charge is -2.34.